The van der Waals surface area contributed by atoms with Crippen LogP contribution in [0.4, 0.5) is 5.69 Å². The highest BCUT2D eigenvalue weighted by atomic mass is 32.2. The summed E-state index contributed by atoms with van der Waals surface area (Å²) >= 11 is 1.38. The van der Waals surface area contributed by atoms with Gasteiger partial charge < -0.3 is 15.3 Å². The molecule has 2 N–H and O–H groups in total. The van der Waals surface area contributed by atoms with Crippen molar-refractivity contribution in [2.75, 3.05) is 18.4 Å². The first kappa shape index (κ1) is 18.3. The third kappa shape index (κ3) is 4.99. The molecule has 0 bridgehead atoms. The van der Waals surface area contributed by atoms with E-state index in [0.29, 0.717) is 6.54 Å². The molecule has 7 heteroatoms. The van der Waals surface area contributed by atoms with Gasteiger partial charge in [-0.25, -0.2) is 0 Å². The Labute approximate surface area is 145 Å². The van der Waals surface area contributed by atoms with Crippen molar-refractivity contribution < 1.29 is 19.5 Å². The fraction of sp³-hybridized carbons (Fsp3) is 0.471. The smallest absolute Gasteiger partial charge is 0.305 e. The second-order valence-corrected chi connectivity index (χ2v) is 7.42. The van der Waals surface area contributed by atoms with Crippen molar-refractivity contribution in [1.82, 2.24) is 4.90 Å². The number of carbonyl (C=O) groups is 3. The number of hydrogen-bond acceptors (Lipinski definition) is 4. The maximum atomic E-state index is 12.6. The lowest BCUT2D eigenvalue weighted by atomic mass is 10.1. The topological polar surface area (TPSA) is 86.7 Å². The lowest BCUT2D eigenvalue weighted by Gasteiger charge is -2.28. The highest BCUT2D eigenvalue weighted by molar-refractivity contribution is 8.01. The summed E-state index contributed by atoms with van der Waals surface area (Å²) in [5.74, 6) is -1.07. The number of benzene rings is 1. The van der Waals surface area contributed by atoms with E-state index < -0.39 is 11.2 Å². The van der Waals surface area contributed by atoms with Gasteiger partial charge in [0.2, 0.25) is 11.8 Å². The van der Waals surface area contributed by atoms with E-state index in [2.05, 4.69) is 5.32 Å². The van der Waals surface area contributed by atoms with E-state index in [4.69, 9.17) is 5.11 Å². The van der Waals surface area contributed by atoms with Crippen molar-refractivity contribution in [2.24, 2.45) is 5.92 Å². The maximum Gasteiger partial charge on any atom is 0.305 e. The van der Waals surface area contributed by atoms with Gasteiger partial charge in [0.1, 0.15) is 0 Å². The van der Waals surface area contributed by atoms with Gasteiger partial charge in [-0.15, -0.1) is 11.8 Å². The Morgan fingerprint density at radius 3 is 2.71 bits per heavy atom. The molecule has 0 fully saturated rings. The summed E-state index contributed by atoms with van der Waals surface area (Å²) in [6.45, 7) is 4.60. The number of para-hydroxylation sites is 1. The number of anilines is 1. The number of amides is 2. The fourth-order valence-corrected chi connectivity index (χ4v) is 3.61. The lowest BCUT2D eigenvalue weighted by Crippen LogP contribution is -2.40. The van der Waals surface area contributed by atoms with Gasteiger partial charge in [0.05, 0.1) is 17.4 Å². The summed E-state index contributed by atoms with van der Waals surface area (Å²) in [6.07, 6.45) is -0.0253. The largest absolute Gasteiger partial charge is 0.481 e. The van der Waals surface area contributed by atoms with Crippen LogP contribution in [0.15, 0.2) is 29.2 Å². The van der Waals surface area contributed by atoms with Crippen LogP contribution in [0, 0.1) is 5.92 Å². The van der Waals surface area contributed by atoms with Crippen LogP contribution in [0.2, 0.25) is 0 Å². The minimum absolute atomic E-state index is 0.0666. The molecule has 1 aromatic carbocycles. The quantitative estimate of drug-likeness (QED) is 0.789. The highest BCUT2D eigenvalue weighted by Gasteiger charge is 2.30. The number of fused-ring (bicyclic) bond motifs is 1. The van der Waals surface area contributed by atoms with E-state index in [1.165, 1.54) is 11.8 Å². The highest BCUT2D eigenvalue weighted by Crippen LogP contribution is 2.36. The number of carboxylic acid groups (broad SMARTS) is 1. The second kappa shape index (κ2) is 8.19. The van der Waals surface area contributed by atoms with E-state index in [-0.39, 0.29) is 37.1 Å². The van der Waals surface area contributed by atoms with Crippen LogP contribution < -0.4 is 5.32 Å². The van der Waals surface area contributed by atoms with Crippen molar-refractivity contribution in [3.63, 3.8) is 0 Å². The predicted molar refractivity (Wildman–Crippen MR) is 93.0 cm³/mol. The van der Waals surface area contributed by atoms with Gasteiger partial charge in [0.15, 0.2) is 0 Å². The van der Waals surface area contributed by atoms with E-state index >= 15 is 0 Å². The van der Waals surface area contributed by atoms with Crippen LogP contribution in [-0.2, 0) is 14.4 Å². The van der Waals surface area contributed by atoms with Crippen LogP contribution in [0.25, 0.3) is 0 Å². The molecule has 1 aliphatic rings. The predicted octanol–water partition coefficient (Wildman–Crippen LogP) is 2.45. The SMILES string of the molecule is CC(C)CN(CCC(=O)O)C(=O)CC1Sc2ccccc2NC1=O. The van der Waals surface area contributed by atoms with Crippen LogP contribution in [0.1, 0.15) is 26.7 Å². The average molecular weight is 350 g/mol. The number of nitrogens with zero attached hydrogens (tertiary/aromatic N) is 1. The monoisotopic (exact) mass is 350 g/mol. The number of aliphatic carboxylic acids is 1. The lowest BCUT2D eigenvalue weighted by molar-refractivity contribution is -0.139. The summed E-state index contributed by atoms with van der Waals surface area (Å²) in [4.78, 5) is 38.0. The van der Waals surface area contributed by atoms with Crippen molar-refractivity contribution in [1.29, 1.82) is 0 Å². The summed E-state index contributed by atoms with van der Waals surface area (Å²) < 4.78 is 0. The Bertz CT molecular complexity index is 633. The molecule has 0 aliphatic carbocycles. The molecule has 6 nitrogen and oxygen atoms in total. The molecule has 24 heavy (non-hydrogen) atoms. The number of carbonyl (C=O) groups excluding carboxylic acids is 2. The number of hydrogen-bond donors (Lipinski definition) is 2. The molecule has 130 valence electrons. The normalized spacial score (nSPS) is 16.5. The Morgan fingerprint density at radius 1 is 1.33 bits per heavy atom. The zero-order chi connectivity index (χ0) is 17.7. The molecule has 0 spiro atoms. The molecule has 2 rings (SSSR count). The summed E-state index contributed by atoms with van der Waals surface area (Å²) in [6, 6.07) is 7.48. The molecular weight excluding hydrogens is 328 g/mol. The van der Waals surface area contributed by atoms with Crippen molar-refractivity contribution in [2.45, 2.75) is 36.8 Å². The van der Waals surface area contributed by atoms with Gasteiger partial charge in [-0.3, -0.25) is 14.4 Å². The molecule has 0 aromatic heterocycles. The van der Waals surface area contributed by atoms with Crippen LogP contribution >= 0.6 is 11.8 Å². The molecule has 1 aliphatic heterocycles. The Morgan fingerprint density at radius 2 is 2.04 bits per heavy atom. The molecule has 1 aromatic rings. The molecular formula is C17H22N2O4S. The second-order valence-electron chi connectivity index (χ2n) is 6.17. The van der Waals surface area contributed by atoms with E-state index in [0.717, 1.165) is 10.6 Å². The van der Waals surface area contributed by atoms with Gasteiger partial charge in [-0.05, 0) is 18.1 Å². The molecule has 2 amide bonds. The van der Waals surface area contributed by atoms with Gasteiger partial charge in [0.25, 0.3) is 0 Å². The molecule has 1 heterocycles. The third-order valence-corrected chi connectivity index (χ3v) is 4.88. The Hall–Kier alpha value is -2.02. The zero-order valence-corrected chi connectivity index (χ0v) is 14.6. The van der Waals surface area contributed by atoms with Gasteiger partial charge in [-0.1, -0.05) is 26.0 Å². The van der Waals surface area contributed by atoms with Crippen LogP contribution in [0.3, 0.4) is 0 Å². The molecule has 0 radical (unpaired) electrons. The minimum Gasteiger partial charge on any atom is -0.481 e. The van der Waals surface area contributed by atoms with Gasteiger partial charge in [-0.2, -0.15) is 0 Å². The summed E-state index contributed by atoms with van der Waals surface area (Å²) in [7, 11) is 0. The van der Waals surface area contributed by atoms with Crippen molar-refractivity contribution in [3.05, 3.63) is 24.3 Å². The number of nitrogens with one attached hydrogen (secondary N) is 1. The Balaban J connectivity index is 2.03. The molecule has 1 atom stereocenters. The number of carboxylic acids is 1. The summed E-state index contributed by atoms with van der Waals surface area (Å²) in [5.41, 5.74) is 0.765. The Kier molecular flexibility index (Phi) is 6.25. The summed E-state index contributed by atoms with van der Waals surface area (Å²) in [5, 5.41) is 11.2. The first-order valence-electron chi connectivity index (χ1n) is 7.93. The van der Waals surface area contributed by atoms with Crippen molar-refractivity contribution >= 4 is 35.2 Å². The minimum atomic E-state index is -0.935. The standard InChI is InChI=1S/C17H22N2O4S/c1-11(2)10-19(8-7-16(21)22)15(20)9-14-17(23)18-12-5-3-4-6-13(12)24-14/h3-6,11,14H,7-10H2,1-2H3,(H,18,23)(H,21,22). The molecule has 0 saturated heterocycles. The maximum absolute atomic E-state index is 12.6. The fourth-order valence-electron chi connectivity index (χ4n) is 2.50. The van der Waals surface area contributed by atoms with E-state index in [1.54, 1.807) is 4.90 Å². The van der Waals surface area contributed by atoms with Crippen LogP contribution in [-0.4, -0.2) is 46.1 Å². The van der Waals surface area contributed by atoms with E-state index in [1.807, 2.05) is 38.1 Å². The zero-order valence-electron chi connectivity index (χ0n) is 13.8. The molecule has 1 unspecified atom stereocenters. The number of rotatable bonds is 7. The molecule has 0 saturated carbocycles. The average Bonchev–Trinajstić information content (AvgIpc) is 2.51. The first-order valence-corrected chi connectivity index (χ1v) is 8.81. The van der Waals surface area contributed by atoms with Crippen molar-refractivity contribution in [3.8, 4) is 0 Å². The van der Waals surface area contributed by atoms with E-state index in [9.17, 15) is 14.4 Å². The first-order chi connectivity index (χ1) is 11.4. The van der Waals surface area contributed by atoms with Gasteiger partial charge in [0, 0.05) is 24.4 Å². The van der Waals surface area contributed by atoms with Crippen LogP contribution in [0.5, 0.6) is 0 Å². The van der Waals surface area contributed by atoms with Gasteiger partial charge >= 0.3 is 5.97 Å². The number of thioether (sulfide) groups is 1. The third-order valence-electron chi connectivity index (χ3n) is 3.60.